The second-order valence-corrected chi connectivity index (χ2v) is 7.70. The Kier molecular flexibility index (Phi) is 6.74. The monoisotopic (exact) mass is 450 g/mol. The number of amides is 2. The molecule has 0 atom stereocenters. The summed E-state index contributed by atoms with van der Waals surface area (Å²) in [5.74, 6) is 0.295. The average molecular weight is 452 g/mol. The molecule has 1 fully saturated rings. The first-order valence-electron chi connectivity index (χ1n) is 8.74. The third-order valence-corrected chi connectivity index (χ3v) is 5.29. The Hall–Kier alpha value is -2.05. The number of rotatable bonds is 5. The average Bonchev–Trinajstić information content (AvgIpc) is 2.68. The number of likely N-dealkylation sites (tertiary alicyclic amines) is 1. The summed E-state index contributed by atoms with van der Waals surface area (Å²) in [5.41, 5.74) is 0.792. The normalized spacial score (nSPS) is 14.7. The number of carbonyl (C=O) groups is 2. The summed E-state index contributed by atoms with van der Waals surface area (Å²) in [4.78, 5) is 26.5. The van der Waals surface area contributed by atoms with Gasteiger partial charge in [-0.1, -0.05) is 45.7 Å². The highest BCUT2D eigenvalue weighted by Gasteiger charge is 2.27. The Morgan fingerprint density at radius 3 is 2.52 bits per heavy atom. The molecule has 0 saturated carbocycles. The second-order valence-electron chi connectivity index (χ2n) is 6.37. The SMILES string of the molecule is O=C(Nc1ccccc1)C1CCN(C(=O)COc2ccc(Br)cc2Cl)CC1. The van der Waals surface area contributed by atoms with Crippen molar-refractivity contribution in [3.05, 3.63) is 58.0 Å². The van der Waals surface area contributed by atoms with Gasteiger partial charge >= 0.3 is 0 Å². The zero-order valence-electron chi connectivity index (χ0n) is 14.7. The number of piperidine rings is 1. The van der Waals surface area contributed by atoms with Crippen molar-refractivity contribution in [2.24, 2.45) is 5.92 Å². The van der Waals surface area contributed by atoms with Crippen molar-refractivity contribution in [2.45, 2.75) is 12.8 Å². The molecular weight excluding hydrogens is 432 g/mol. The smallest absolute Gasteiger partial charge is 0.260 e. The molecule has 5 nitrogen and oxygen atoms in total. The molecule has 0 radical (unpaired) electrons. The van der Waals surface area contributed by atoms with Gasteiger partial charge in [-0.3, -0.25) is 9.59 Å². The number of para-hydroxylation sites is 1. The van der Waals surface area contributed by atoms with E-state index in [1.165, 1.54) is 0 Å². The third kappa shape index (κ3) is 5.47. The van der Waals surface area contributed by atoms with Crippen LogP contribution in [0.4, 0.5) is 5.69 Å². The molecule has 2 aromatic rings. The van der Waals surface area contributed by atoms with E-state index in [-0.39, 0.29) is 24.3 Å². The molecule has 7 heteroatoms. The number of carbonyl (C=O) groups excluding carboxylic acids is 2. The zero-order chi connectivity index (χ0) is 19.2. The maximum atomic E-state index is 12.4. The molecule has 2 amide bonds. The summed E-state index contributed by atoms with van der Waals surface area (Å²) < 4.78 is 6.39. The van der Waals surface area contributed by atoms with Crippen molar-refractivity contribution >= 4 is 45.0 Å². The first kappa shape index (κ1) is 19.7. The van der Waals surface area contributed by atoms with Crippen molar-refractivity contribution < 1.29 is 14.3 Å². The minimum Gasteiger partial charge on any atom is -0.482 e. The molecule has 0 spiro atoms. The lowest BCUT2D eigenvalue weighted by molar-refractivity contribution is -0.136. The Bertz CT molecular complexity index is 808. The lowest BCUT2D eigenvalue weighted by atomic mass is 9.95. The van der Waals surface area contributed by atoms with Gasteiger partial charge in [-0.15, -0.1) is 0 Å². The van der Waals surface area contributed by atoms with Crippen LogP contribution >= 0.6 is 27.5 Å². The molecule has 0 unspecified atom stereocenters. The fourth-order valence-electron chi connectivity index (χ4n) is 2.98. The Labute approximate surface area is 171 Å². The Morgan fingerprint density at radius 2 is 1.85 bits per heavy atom. The number of ether oxygens (including phenoxy) is 1. The Morgan fingerprint density at radius 1 is 1.15 bits per heavy atom. The van der Waals surface area contributed by atoms with Crippen LogP contribution in [0.3, 0.4) is 0 Å². The molecule has 142 valence electrons. The van der Waals surface area contributed by atoms with E-state index in [9.17, 15) is 9.59 Å². The molecule has 1 heterocycles. The van der Waals surface area contributed by atoms with Gasteiger partial charge in [0.1, 0.15) is 5.75 Å². The lowest BCUT2D eigenvalue weighted by Gasteiger charge is -2.31. The predicted molar refractivity (Wildman–Crippen MR) is 109 cm³/mol. The fourth-order valence-corrected chi connectivity index (χ4v) is 3.71. The number of nitrogens with one attached hydrogen (secondary N) is 1. The van der Waals surface area contributed by atoms with Crippen molar-refractivity contribution in [1.82, 2.24) is 4.90 Å². The molecule has 1 saturated heterocycles. The van der Waals surface area contributed by atoms with E-state index in [1.54, 1.807) is 17.0 Å². The molecule has 1 aliphatic rings. The van der Waals surface area contributed by atoms with Gasteiger partial charge in [0.2, 0.25) is 5.91 Å². The van der Waals surface area contributed by atoms with Gasteiger partial charge in [-0.05, 0) is 43.2 Å². The highest BCUT2D eigenvalue weighted by atomic mass is 79.9. The van der Waals surface area contributed by atoms with Crippen LogP contribution in [0.2, 0.25) is 5.02 Å². The zero-order valence-corrected chi connectivity index (χ0v) is 17.0. The topological polar surface area (TPSA) is 58.6 Å². The molecule has 3 rings (SSSR count). The molecular formula is C20H20BrClN2O3. The number of halogens is 2. The van der Waals surface area contributed by atoms with Crippen molar-refractivity contribution in [1.29, 1.82) is 0 Å². The number of anilines is 1. The first-order valence-corrected chi connectivity index (χ1v) is 9.91. The number of hydrogen-bond acceptors (Lipinski definition) is 3. The van der Waals surface area contributed by atoms with Crippen molar-refractivity contribution in [3.8, 4) is 5.75 Å². The van der Waals surface area contributed by atoms with Crippen LogP contribution in [0, 0.1) is 5.92 Å². The van der Waals surface area contributed by atoms with Crippen LogP contribution in [-0.4, -0.2) is 36.4 Å². The summed E-state index contributed by atoms with van der Waals surface area (Å²) in [6.45, 7) is 1.02. The van der Waals surface area contributed by atoms with Gasteiger partial charge in [0.25, 0.3) is 5.91 Å². The van der Waals surface area contributed by atoms with Crippen molar-refractivity contribution in [2.75, 3.05) is 25.0 Å². The number of hydrogen-bond donors (Lipinski definition) is 1. The molecule has 27 heavy (non-hydrogen) atoms. The van der Waals surface area contributed by atoms with Gasteiger partial charge in [0, 0.05) is 29.2 Å². The van der Waals surface area contributed by atoms with E-state index in [2.05, 4.69) is 21.2 Å². The highest BCUT2D eigenvalue weighted by Crippen LogP contribution is 2.28. The minimum atomic E-state index is -0.101. The van der Waals surface area contributed by atoms with E-state index >= 15 is 0 Å². The van der Waals surface area contributed by atoms with Gasteiger partial charge in [-0.25, -0.2) is 0 Å². The summed E-state index contributed by atoms with van der Waals surface area (Å²) in [7, 11) is 0. The van der Waals surface area contributed by atoms with Crippen LogP contribution in [0.1, 0.15) is 12.8 Å². The predicted octanol–water partition coefficient (Wildman–Crippen LogP) is 4.36. The number of nitrogens with zero attached hydrogens (tertiary/aromatic N) is 1. The van der Waals surface area contributed by atoms with E-state index < -0.39 is 0 Å². The van der Waals surface area contributed by atoms with Gasteiger partial charge in [-0.2, -0.15) is 0 Å². The quantitative estimate of drug-likeness (QED) is 0.735. The summed E-state index contributed by atoms with van der Waals surface area (Å²) in [6.07, 6.45) is 1.28. The first-order chi connectivity index (χ1) is 13.0. The summed E-state index contributed by atoms with van der Waals surface area (Å²) >= 11 is 9.42. The summed E-state index contributed by atoms with van der Waals surface area (Å²) in [5, 5.41) is 3.38. The Balaban J connectivity index is 1.45. The standard InChI is InChI=1S/C20H20BrClN2O3/c21-15-6-7-18(17(22)12-15)27-13-19(25)24-10-8-14(9-11-24)20(26)23-16-4-2-1-3-5-16/h1-7,12,14H,8-11,13H2,(H,23,26). The maximum absolute atomic E-state index is 12.4. The summed E-state index contributed by atoms with van der Waals surface area (Å²) in [6, 6.07) is 14.6. The number of benzene rings is 2. The van der Waals surface area contributed by atoms with Gasteiger partial charge in [0.05, 0.1) is 5.02 Å². The maximum Gasteiger partial charge on any atom is 0.260 e. The van der Waals surface area contributed by atoms with E-state index in [0.29, 0.717) is 36.7 Å². The van der Waals surface area contributed by atoms with Crippen LogP contribution in [0.15, 0.2) is 53.0 Å². The second kappa shape index (κ2) is 9.24. The lowest BCUT2D eigenvalue weighted by Crippen LogP contribution is -2.43. The van der Waals surface area contributed by atoms with E-state index in [4.69, 9.17) is 16.3 Å². The molecule has 0 bridgehead atoms. The molecule has 0 aliphatic carbocycles. The molecule has 2 aromatic carbocycles. The third-order valence-electron chi connectivity index (χ3n) is 4.50. The van der Waals surface area contributed by atoms with E-state index in [1.807, 2.05) is 36.4 Å². The minimum absolute atomic E-state index is 0.00573. The van der Waals surface area contributed by atoms with Crippen LogP contribution in [0.5, 0.6) is 5.75 Å². The molecule has 1 N–H and O–H groups in total. The molecule has 1 aliphatic heterocycles. The van der Waals surface area contributed by atoms with Gasteiger partial charge < -0.3 is 15.0 Å². The van der Waals surface area contributed by atoms with Gasteiger partial charge in [0.15, 0.2) is 6.61 Å². The van der Waals surface area contributed by atoms with Crippen LogP contribution < -0.4 is 10.1 Å². The largest absolute Gasteiger partial charge is 0.482 e. The van der Waals surface area contributed by atoms with E-state index in [0.717, 1.165) is 10.2 Å². The van der Waals surface area contributed by atoms with Crippen LogP contribution in [0.25, 0.3) is 0 Å². The fraction of sp³-hybridized carbons (Fsp3) is 0.300. The van der Waals surface area contributed by atoms with Crippen molar-refractivity contribution in [3.63, 3.8) is 0 Å². The molecule has 0 aromatic heterocycles. The van der Waals surface area contributed by atoms with Crippen LogP contribution in [-0.2, 0) is 9.59 Å². The highest BCUT2D eigenvalue weighted by molar-refractivity contribution is 9.10.